The van der Waals surface area contributed by atoms with Crippen LogP contribution in [0.5, 0.6) is 5.75 Å². The SMILES string of the molecule is O=C(O)C(=Cc1cc(Br)c(O)c(Br)c1)c1ccccc1. The topological polar surface area (TPSA) is 57.5 Å². The number of carboxylic acids is 1. The van der Waals surface area contributed by atoms with Crippen LogP contribution in [-0.2, 0) is 4.79 Å². The van der Waals surface area contributed by atoms with Gasteiger partial charge in [-0.1, -0.05) is 30.3 Å². The number of rotatable bonds is 3. The molecule has 0 heterocycles. The summed E-state index contributed by atoms with van der Waals surface area (Å²) in [7, 11) is 0. The maximum absolute atomic E-state index is 11.4. The van der Waals surface area contributed by atoms with E-state index in [0.29, 0.717) is 20.1 Å². The molecule has 0 aliphatic rings. The molecule has 2 N–H and O–H groups in total. The second-order valence-electron chi connectivity index (χ2n) is 4.06. The van der Waals surface area contributed by atoms with Crippen LogP contribution in [-0.4, -0.2) is 16.2 Å². The lowest BCUT2D eigenvalue weighted by Gasteiger charge is -2.05. The molecule has 5 heteroatoms. The zero-order chi connectivity index (χ0) is 14.7. The molecule has 20 heavy (non-hydrogen) atoms. The fourth-order valence-electron chi connectivity index (χ4n) is 1.72. The van der Waals surface area contributed by atoms with Gasteiger partial charge in [-0.05, 0) is 61.2 Å². The summed E-state index contributed by atoms with van der Waals surface area (Å²) >= 11 is 6.45. The van der Waals surface area contributed by atoms with Crippen LogP contribution in [0, 0.1) is 0 Å². The van der Waals surface area contributed by atoms with Crippen molar-refractivity contribution in [2.24, 2.45) is 0 Å². The summed E-state index contributed by atoms with van der Waals surface area (Å²) in [5.41, 5.74) is 1.48. The van der Waals surface area contributed by atoms with Gasteiger partial charge in [0.2, 0.25) is 0 Å². The van der Waals surface area contributed by atoms with Crippen LogP contribution >= 0.6 is 31.9 Å². The molecule has 0 spiro atoms. The Labute approximate surface area is 132 Å². The maximum Gasteiger partial charge on any atom is 0.336 e. The van der Waals surface area contributed by atoms with Gasteiger partial charge < -0.3 is 10.2 Å². The second kappa shape index (κ2) is 6.24. The molecular weight excluding hydrogens is 388 g/mol. The molecule has 0 aliphatic carbocycles. The van der Waals surface area contributed by atoms with Crippen molar-refractivity contribution in [2.45, 2.75) is 0 Å². The summed E-state index contributed by atoms with van der Waals surface area (Å²) in [5, 5.41) is 19.0. The van der Waals surface area contributed by atoms with Gasteiger partial charge in [-0.2, -0.15) is 0 Å². The number of phenols is 1. The number of aliphatic carboxylic acids is 1. The van der Waals surface area contributed by atoms with E-state index >= 15 is 0 Å². The molecule has 0 aliphatic heterocycles. The van der Waals surface area contributed by atoms with E-state index in [4.69, 9.17) is 0 Å². The molecule has 2 aromatic rings. The van der Waals surface area contributed by atoms with E-state index in [-0.39, 0.29) is 11.3 Å². The molecule has 102 valence electrons. The Bertz CT molecular complexity index is 656. The largest absolute Gasteiger partial charge is 0.506 e. The summed E-state index contributed by atoms with van der Waals surface area (Å²) in [6.45, 7) is 0. The number of carboxylic acid groups (broad SMARTS) is 1. The third-order valence-corrected chi connectivity index (χ3v) is 3.87. The monoisotopic (exact) mass is 396 g/mol. The van der Waals surface area contributed by atoms with E-state index in [1.807, 2.05) is 6.07 Å². The minimum atomic E-state index is -1.00. The Kier molecular flexibility index (Phi) is 4.62. The molecule has 0 saturated carbocycles. The molecule has 0 bridgehead atoms. The third-order valence-electron chi connectivity index (χ3n) is 2.67. The normalized spacial score (nSPS) is 11.4. The highest BCUT2D eigenvalue weighted by atomic mass is 79.9. The predicted molar refractivity (Wildman–Crippen MR) is 85.5 cm³/mol. The predicted octanol–water partition coefficient (Wildman–Crippen LogP) is 4.54. The van der Waals surface area contributed by atoms with Gasteiger partial charge in [0.05, 0.1) is 14.5 Å². The molecule has 0 radical (unpaired) electrons. The summed E-state index contributed by atoms with van der Waals surface area (Å²) < 4.78 is 0.992. The Balaban J connectivity index is 2.53. The summed E-state index contributed by atoms with van der Waals surface area (Å²) in [6, 6.07) is 12.2. The van der Waals surface area contributed by atoms with Gasteiger partial charge in [0.25, 0.3) is 0 Å². The summed E-state index contributed by atoms with van der Waals surface area (Å²) in [4.78, 5) is 11.4. The van der Waals surface area contributed by atoms with Crippen molar-refractivity contribution in [2.75, 3.05) is 0 Å². The average molecular weight is 398 g/mol. The molecule has 0 atom stereocenters. The van der Waals surface area contributed by atoms with Crippen LogP contribution in [0.4, 0.5) is 0 Å². The van der Waals surface area contributed by atoms with Crippen molar-refractivity contribution < 1.29 is 15.0 Å². The number of benzene rings is 2. The highest BCUT2D eigenvalue weighted by Gasteiger charge is 2.11. The van der Waals surface area contributed by atoms with Crippen LogP contribution in [0.25, 0.3) is 11.6 Å². The molecule has 2 rings (SSSR count). The van der Waals surface area contributed by atoms with Gasteiger partial charge in [0, 0.05) is 0 Å². The van der Waals surface area contributed by atoms with Crippen LogP contribution < -0.4 is 0 Å². The number of hydrogen-bond acceptors (Lipinski definition) is 2. The van der Waals surface area contributed by atoms with Crippen LogP contribution in [0.3, 0.4) is 0 Å². The second-order valence-corrected chi connectivity index (χ2v) is 5.77. The van der Waals surface area contributed by atoms with Crippen LogP contribution in [0.2, 0.25) is 0 Å². The van der Waals surface area contributed by atoms with Gasteiger partial charge in [0.1, 0.15) is 5.75 Å². The van der Waals surface area contributed by atoms with E-state index in [2.05, 4.69) is 31.9 Å². The van der Waals surface area contributed by atoms with Crippen molar-refractivity contribution in [3.63, 3.8) is 0 Å². The first-order valence-corrected chi connectivity index (χ1v) is 7.26. The Morgan fingerprint density at radius 3 is 2.10 bits per heavy atom. The molecule has 0 amide bonds. The fourth-order valence-corrected chi connectivity index (χ4v) is 2.94. The molecule has 0 aromatic heterocycles. The zero-order valence-electron chi connectivity index (χ0n) is 10.2. The lowest BCUT2D eigenvalue weighted by molar-refractivity contribution is -0.130. The number of aromatic hydroxyl groups is 1. The standard InChI is InChI=1S/C15H10Br2O3/c16-12-7-9(8-13(17)14(12)18)6-11(15(19)20)10-4-2-1-3-5-10/h1-8,18H,(H,19,20). The summed E-state index contributed by atoms with van der Waals surface area (Å²) in [6.07, 6.45) is 1.56. The van der Waals surface area contributed by atoms with Crippen molar-refractivity contribution in [1.82, 2.24) is 0 Å². The first-order chi connectivity index (χ1) is 9.49. The van der Waals surface area contributed by atoms with Crippen molar-refractivity contribution in [3.8, 4) is 5.75 Å². The minimum Gasteiger partial charge on any atom is -0.506 e. The van der Waals surface area contributed by atoms with E-state index in [0.717, 1.165) is 0 Å². The molecule has 3 nitrogen and oxygen atoms in total. The number of phenolic OH excluding ortho intramolecular Hbond substituents is 1. The number of carbonyl (C=O) groups is 1. The zero-order valence-corrected chi connectivity index (χ0v) is 13.3. The quantitative estimate of drug-likeness (QED) is 0.590. The van der Waals surface area contributed by atoms with Crippen LogP contribution in [0.15, 0.2) is 51.4 Å². The van der Waals surface area contributed by atoms with Gasteiger partial charge in [-0.3, -0.25) is 0 Å². The summed E-state index contributed by atoms with van der Waals surface area (Å²) in [5.74, 6) is -0.921. The lowest BCUT2D eigenvalue weighted by atomic mass is 10.0. The van der Waals surface area contributed by atoms with E-state index in [1.54, 1.807) is 42.5 Å². The van der Waals surface area contributed by atoms with Crippen LogP contribution in [0.1, 0.15) is 11.1 Å². The Hall–Kier alpha value is -1.59. The minimum absolute atomic E-state index is 0.0822. The van der Waals surface area contributed by atoms with Crippen molar-refractivity contribution in [1.29, 1.82) is 0 Å². The van der Waals surface area contributed by atoms with E-state index in [1.165, 1.54) is 0 Å². The smallest absolute Gasteiger partial charge is 0.336 e. The first-order valence-electron chi connectivity index (χ1n) is 5.67. The van der Waals surface area contributed by atoms with Crippen molar-refractivity contribution >= 4 is 49.5 Å². The lowest BCUT2D eigenvalue weighted by Crippen LogP contribution is -1.99. The van der Waals surface area contributed by atoms with Crippen molar-refractivity contribution in [3.05, 3.63) is 62.5 Å². The molecular formula is C15H10Br2O3. The molecule has 0 saturated heterocycles. The first kappa shape index (κ1) is 14.8. The van der Waals surface area contributed by atoms with Gasteiger partial charge in [-0.15, -0.1) is 0 Å². The molecule has 2 aromatic carbocycles. The van der Waals surface area contributed by atoms with Gasteiger partial charge in [-0.25, -0.2) is 4.79 Å². The fraction of sp³-hybridized carbons (Fsp3) is 0. The maximum atomic E-state index is 11.4. The Morgan fingerprint density at radius 2 is 1.60 bits per heavy atom. The average Bonchev–Trinajstić information content (AvgIpc) is 2.42. The number of halogens is 2. The van der Waals surface area contributed by atoms with E-state index in [9.17, 15) is 15.0 Å². The van der Waals surface area contributed by atoms with Gasteiger partial charge in [0.15, 0.2) is 0 Å². The third kappa shape index (κ3) is 3.29. The van der Waals surface area contributed by atoms with Gasteiger partial charge >= 0.3 is 5.97 Å². The molecule has 0 unspecified atom stereocenters. The van der Waals surface area contributed by atoms with E-state index < -0.39 is 5.97 Å². The number of hydrogen-bond donors (Lipinski definition) is 2. The Morgan fingerprint density at radius 1 is 1.05 bits per heavy atom. The highest BCUT2D eigenvalue weighted by Crippen LogP contribution is 2.34. The highest BCUT2D eigenvalue weighted by molar-refractivity contribution is 9.11. The molecule has 0 fully saturated rings.